The average Bonchev–Trinajstić information content (AvgIpc) is 2.75. The molecule has 0 saturated heterocycles. The second-order valence-corrected chi connectivity index (χ2v) is 19.9. The minimum atomic E-state index is -0.242. The molecule has 0 nitrogen and oxygen atoms in total. The molecule has 0 aromatic carbocycles. The van der Waals surface area contributed by atoms with Crippen molar-refractivity contribution in [2.24, 2.45) is 0 Å². The third-order valence-corrected chi connectivity index (χ3v) is 18.3. The normalized spacial score (nSPS) is 12.9. The van der Waals surface area contributed by atoms with E-state index in [2.05, 4.69) is 33.4 Å². The molecule has 0 bridgehead atoms. The number of rotatable bonds is 25. The van der Waals surface area contributed by atoms with E-state index in [0.717, 1.165) is 5.75 Å². The van der Waals surface area contributed by atoms with E-state index in [1.807, 2.05) is 0 Å². The number of hydrogen-bond donors (Lipinski definition) is 1. The van der Waals surface area contributed by atoms with Gasteiger partial charge in [0.1, 0.15) is 0 Å². The molecule has 0 aliphatic rings. The maximum absolute atomic E-state index is 4.54. The third-order valence-electron chi connectivity index (χ3n) is 6.78. The summed E-state index contributed by atoms with van der Waals surface area (Å²) in [6, 6.07) is 1.58. The van der Waals surface area contributed by atoms with Gasteiger partial charge in [-0.3, -0.25) is 9.48 Å². The Morgan fingerprint density at radius 2 is 0.800 bits per heavy atom. The van der Waals surface area contributed by atoms with E-state index in [4.69, 9.17) is 0 Å². The van der Waals surface area contributed by atoms with Crippen LogP contribution in [0.4, 0.5) is 0 Å². The Bertz CT molecular complexity index is 281. The number of hydrogen-bond acceptors (Lipinski definition) is 1. The highest BCUT2D eigenvalue weighted by atomic mass is 32.4. The van der Waals surface area contributed by atoms with Crippen LogP contribution in [0.5, 0.6) is 0 Å². The van der Waals surface area contributed by atoms with Crippen LogP contribution in [-0.2, 0) is 0 Å². The minimum absolute atomic E-state index is 0.110. The van der Waals surface area contributed by atoms with E-state index in [-0.39, 0.29) is 18.1 Å². The van der Waals surface area contributed by atoms with Crippen molar-refractivity contribution in [3.05, 3.63) is 0 Å². The van der Waals surface area contributed by atoms with Crippen LogP contribution in [0.25, 0.3) is 0 Å². The molecule has 3 heteroatoms. The van der Waals surface area contributed by atoms with E-state index in [9.17, 15) is 0 Å². The highest BCUT2D eigenvalue weighted by Gasteiger charge is 2.23. The van der Waals surface area contributed by atoms with Crippen LogP contribution in [0.3, 0.4) is 0 Å². The van der Waals surface area contributed by atoms with Crippen LogP contribution in [0.2, 0.25) is 6.04 Å². The van der Waals surface area contributed by atoms with Gasteiger partial charge in [-0.2, -0.15) is 12.6 Å². The summed E-state index contributed by atoms with van der Waals surface area (Å²) >= 11 is 4.54. The van der Waals surface area contributed by atoms with E-state index in [0.29, 0.717) is 0 Å². The van der Waals surface area contributed by atoms with Gasteiger partial charge in [-0.25, -0.2) is 0 Å². The first-order valence-electron chi connectivity index (χ1n) is 14.1. The van der Waals surface area contributed by atoms with Crippen molar-refractivity contribution in [2.45, 2.75) is 149 Å². The van der Waals surface area contributed by atoms with Gasteiger partial charge in [-0.1, -0.05) is 123 Å². The molecule has 0 unspecified atom stereocenters. The first-order valence-corrected chi connectivity index (χ1v) is 19.8. The monoisotopic (exact) mass is 476 g/mol. The Balaban J connectivity index is 4.61. The van der Waals surface area contributed by atoms with Gasteiger partial charge in [0.25, 0.3) is 0 Å². The predicted octanol–water partition coefficient (Wildman–Crippen LogP) is 9.69. The van der Waals surface area contributed by atoms with Crippen molar-refractivity contribution < 1.29 is 0 Å². The zero-order valence-electron chi connectivity index (χ0n) is 21.5. The average molecular weight is 477 g/mol. The fourth-order valence-corrected chi connectivity index (χ4v) is 16.2. The van der Waals surface area contributed by atoms with Crippen LogP contribution in [0.1, 0.15) is 143 Å². The Kier molecular flexibility index (Phi) is 25.3. The second-order valence-electron chi connectivity index (χ2n) is 9.78. The van der Waals surface area contributed by atoms with Crippen molar-refractivity contribution in [3.63, 3.8) is 0 Å². The van der Waals surface area contributed by atoms with E-state index in [1.165, 1.54) is 103 Å². The van der Waals surface area contributed by atoms with Crippen LogP contribution in [-0.4, -0.2) is 31.7 Å². The second kappa shape index (κ2) is 24.6. The highest BCUT2D eigenvalue weighted by Crippen LogP contribution is 2.50. The van der Waals surface area contributed by atoms with Crippen LogP contribution in [0.15, 0.2) is 0 Å². The van der Waals surface area contributed by atoms with Crippen LogP contribution >= 0.6 is 22.1 Å². The van der Waals surface area contributed by atoms with Crippen LogP contribution < -0.4 is 0 Å². The van der Waals surface area contributed by atoms with Gasteiger partial charge < -0.3 is 0 Å². The molecule has 0 aliphatic heterocycles. The largest absolute Gasteiger partial charge is 0.259 e. The summed E-state index contributed by atoms with van der Waals surface area (Å²) in [5.74, 6) is 6.08. The molecular formula is C27H60S2Si. The zero-order chi connectivity index (χ0) is 22.2. The quantitative estimate of drug-likeness (QED) is 0.0756. The summed E-state index contributed by atoms with van der Waals surface area (Å²) in [5, 5.41) is 0. The van der Waals surface area contributed by atoms with E-state index in [1.54, 1.807) is 42.6 Å². The molecule has 0 aliphatic carbocycles. The lowest BCUT2D eigenvalue weighted by Crippen LogP contribution is -2.20. The first-order chi connectivity index (χ1) is 14.7. The molecule has 0 heterocycles. The van der Waals surface area contributed by atoms with Crippen molar-refractivity contribution in [1.29, 1.82) is 0 Å². The molecule has 0 aromatic rings. The Hall–Kier alpha value is 0.917. The Labute approximate surface area is 202 Å². The lowest BCUT2D eigenvalue weighted by atomic mass is 10.1. The van der Waals surface area contributed by atoms with Gasteiger partial charge in [0.05, 0.1) is 8.67 Å². The number of thiol groups is 1. The van der Waals surface area contributed by atoms with Gasteiger partial charge in [0.2, 0.25) is 0 Å². The zero-order valence-corrected chi connectivity index (χ0v) is 24.7. The molecule has 0 spiro atoms. The summed E-state index contributed by atoms with van der Waals surface area (Å²) in [4.78, 5) is 0. The summed E-state index contributed by atoms with van der Waals surface area (Å²) in [6.07, 6.45) is 28.0. The summed E-state index contributed by atoms with van der Waals surface area (Å²) in [5.41, 5.74) is 0. The van der Waals surface area contributed by atoms with E-state index < -0.39 is 0 Å². The lowest BCUT2D eigenvalue weighted by molar-refractivity contribution is 0.619. The Morgan fingerprint density at radius 3 is 1.13 bits per heavy atom. The van der Waals surface area contributed by atoms with Crippen molar-refractivity contribution in [2.75, 3.05) is 23.0 Å². The maximum Gasteiger partial charge on any atom is 0.0656 e. The predicted molar refractivity (Wildman–Crippen MR) is 154 cm³/mol. The third kappa shape index (κ3) is 19.6. The summed E-state index contributed by atoms with van der Waals surface area (Å²) < 4.78 is 0. The molecule has 0 N–H and O–H groups in total. The molecule has 0 aromatic heterocycles. The van der Waals surface area contributed by atoms with Crippen LogP contribution in [0, 0.1) is 0 Å². The highest BCUT2D eigenvalue weighted by molar-refractivity contribution is 8.52. The molecule has 0 fully saturated rings. The molecule has 0 atom stereocenters. The molecule has 0 saturated carbocycles. The molecule has 0 amide bonds. The fraction of sp³-hybridized carbons (Fsp3) is 1.00. The number of unbranched alkanes of at least 4 members (excludes halogenated alkanes) is 15. The molecule has 0 rings (SSSR count). The molecule has 0 radical (unpaired) electrons. The maximum atomic E-state index is 4.54. The van der Waals surface area contributed by atoms with E-state index >= 15 is 0 Å². The van der Waals surface area contributed by atoms with Gasteiger partial charge in [-0.05, 0) is 48.7 Å². The molecular weight excluding hydrogens is 417 g/mol. The standard InChI is InChI=1S/C27H60S2Si/c1-4-7-10-13-16-19-24-29(30-27-22-23-28,25-20-17-14-11-8-5-2)26-21-18-15-12-9-6-3/h28H,4-27,30H2,1-3H3. The van der Waals surface area contributed by atoms with Gasteiger partial charge in [0, 0.05) is 0 Å². The van der Waals surface area contributed by atoms with Crippen molar-refractivity contribution in [1.82, 2.24) is 0 Å². The first kappa shape index (κ1) is 30.9. The smallest absolute Gasteiger partial charge is 0.0656 e. The van der Waals surface area contributed by atoms with Crippen molar-refractivity contribution in [3.8, 4) is 0 Å². The van der Waals surface area contributed by atoms with Gasteiger partial charge >= 0.3 is 0 Å². The minimum Gasteiger partial charge on any atom is -0.259 e. The SMILES string of the molecule is CCCCCCCCS(CCCCCCCC)(CCCCCCCC)[SiH2]CCCS. The van der Waals surface area contributed by atoms with Crippen molar-refractivity contribution >= 4 is 30.8 Å². The lowest BCUT2D eigenvalue weighted by Gasteiger charge is -2.41. The fourth-order valence-electron chi connectivity index (χ4n) is 4.70. The van der Waals surface area contributed by atoms with Gasteiger partial charge in [0.15, 0.2) is 0 Å². The molecule has 184 valence electrons. The topological polar surface area (TPSA) is 0 Å². The Morgan fingerprint density at radius 1 is 0.467 bits per heavy atom. The summed E-state index contributed by atoms with van der Waals surface area (Å²) in [6.45, 7) is 7.01. The van der Waals surface area contributed by atoms with Gasteiger partial charge in [-0.15, -0.1) is 0 Å². The summed E-state index contributed by atoms with van der Waals surface area (Å²) in [7, 11) is -0.132. The molecule has 30 heavy (non-hydrogen) atoms.